The van der Waals surface area contributed by atoms with Gasteiger partial charge < -0.3 is 30.7 Å². The number of amides is 2. The maximum absolute atomic E-state index is 13.6. The minimum Gasteiger partial charge on any atom is -0.496 e. The van der Waals surface area contributed by atoms with E-state index in [4.69, 9.17) is 14.5 Å². The number of fused-ring (bicyclic) bond motifs is 1. The Morgan fingerprint density at radius 1 is 0.909 bits per heavy atom. The summed E-state index contributed by atoms with van der Waals surface area (Å²) in [5.41, 5.74) is 8.72. The van der Waals surface area contributed by atoms with Crippen LogP contribution >= 0.6 is 0 Å². The Morgan fingerprint density at radius 3 is 2.38 bits per heavy atom. The van der Waals surface area contributed by atoms with Gasteiger partial charge in [0.1, 0.15) is 5.75 Å². The molecule has 55 heavy (non-hydrogen) atoms. The maximum Gasteiger partial charge on any atom is 0.251 e. The van der Waals surface area contributed by atoms with E-state index in [0.29, 0.717) is 43.9 Å². The molecule has 4 N–H and O–H groups in total. The summed E-state index contributed by atoms with van der Waals surface area (Å²) in [5.74, 6) is 0.248. The van der Waals surface area contributed by atoms with E-state index in [0.717, 1.165) is 96.0 Å². The number of pyridine rings is 1. The van der Waals surface area contributed by atoms with Crippen LogP contribution in [0.25, 0.3) is 22.2 Å². The van der Waals surface area contributed by atoms with Crippen molar-refractivity contribution in [3.8, 4) is 16.9 Å². The Bertz CT molecular complexity index is 2120. The molecule has 7 rings (SSSR count). The number of aromatic nitrogens is 3. The normalized spacial score (nSPS) is 15.2. The highest BCUT2D eigenvalue weighted by molar-refractivity contribution is 6.00. The van der Waals surface area contributed by atoms with E-state index in [2.05, 4.69) is 75.4 Å². The van der Waals surface area contributed by atoms with E-state index in [1.54, 1.807) is 31.4 Å². The number of nitrogens with zero attached hydrogens (tertiary/aromatic N) is 4. The Labute approximate surface area is 323 Å². The monoisotopic (exact) mass is 744 g/mol. The topological polar surface area (TPSA) is 135 Å². The van der Waals surface area contributed by atoms with Gasteiger partial charge in [0.05, 0.1) is 24.4 Å². The number of hydrogen-bond donors (Lipinski definition) is 4. The minimum absolute atomic E-state index is 0.252. The van der Waals surface area contributed by atoms with Crippen molar-refractivity contribution >= 4 is 28.5 Å². The van der Waals surface area contributed by atoms with Gasteiger partial charge in [-0.2, -0.15) is 5.10 Å². The van der Waals surface area contributed by atoms with Crippen LogP contribution in [-0.4, -0.2) is 84.0 Å². The number of nitrogens with one attached hydrogen (secondary N) is 4. The lowest BCUT2D eigenvalue weighted by molar-refractivity contribution is 0.0904. The van der Waals surface area contributed by atoms with Gasteiger partial charge in [0.2, 0.25) is 0 Å². The van der Waals surface area contributed by atoms with E-state index < -0.39 is 0 Å². The fourth-order valence-corrected chi connectivity index (χ4v) is 7.51. The molecule has 0 radical (unpaired) electrons. The summed E-state index contributed by atoms with van der Waals surface area (Å²) in [5, 5.41) is 18.9. The van der Waals surface area contributed by atoms with Crippen molar-refractivity contribution in [2.24, 2.45) is 0 Å². The first-order valence-electron chi connectivity index (χ1n) is 19.5. The predicted octanol–water partition coefficient (Wildman–Crippen LogP) is 5.55. The quantitative estimate of drug-likeness (QED) is 0.116. The number of rotatable bonds is 14. The van der Waals surface area contributed by atoms with Crippen LogP contribution in [0.4, 0.5) is 5.69 Å². The molecule has 2 amide bonds. The highest BCUT2D eigenvalue weighted by Gasteiger charge is 2.23. The summed E-state index contributed by atoms with van der Waals surface area (Å²) < 4.78 is 13.3. The molecule has 2 fully saturated rings. The first kappa shape index (κ1) is 38.0. The van der Waals surface area contributed by atoms with Crippen LogP contribution in [0.2, 0.25) is 0 Å². The molecular weight excluding hydrogens is 693 g/mol. The van der Waals surface area contributed by atoms with Crippen molar-refractivity contribution in [2.75, 3.05) is 51.8 Å². The van der Waals surface area contributed by atoms with Gasteiger partial charge in [0, 0.05) is 99.6 Å². The smallest absolute Gasteiger partial charge is 0.251 e. The number of piperazine rings is 1. The molecule has 4 heterocycles. The molecule has 0 atom stereocenters. The number of ether oxygens (including phenoxy) is 2. The lowest BCUT2D eigenvalue weighted by atomic mass is 9.99. The van der Waals surface area contributed by atoms with Crippen LogP contribution in [0.5, 0.6) is 5.75 Å². The molecule has 0 unspecified atom stereocenters. The second kappa shape index (κ2) is 17.9. The number of hydrogen-bond acceptors (Lipinski definition) is 9. The third kappa shape index (κ3) is 8.99. The van der Waals surface area contributed by atoms with Crippen LogP contribution in [0, 0.1) is 0 Å². The van der Waals surface area contributed by atoms with Crippen molar-refractivity contribution in [1.82, 2.24) is 35.6 Å². The van der Waals surface area contributed by atoms with Gasteiger partial charge in [-0.05, 0) is 79.3 Å². The van der Waals surface area contributed by atoms with Crippen molar-refractivity contribution in [3.63, 3.8) is 0 Å². The summed E-state index contributed by atoms with van der Waals surface area (Å²) in [7, 11) is 1.68. The van der Waals surface area contributed by atoms with Crippen LogP contribution < -0.4 is 26.0 Å². The molecular formula is C43H52N8O4. The van der Waals surface area contributed by atoms with E-state index in [1.165, 1.54) is 5.56 Å². The summed E-state index contributed by atoms with van der Waals surface area (Å²) in [6.45, 7) is 11.9. The second-order valence-corrected chi connectivity index (χ2v) is 14.2. The summed E-state index contributed by atoms with van der Waals surface area (Å²) in [6, 6.07) is 21.6. The van der Waals surface area contributed by atoms with Gasteiger partial charge in [0.15, 0.2) is 5.65 Å². The zero-order valence-electron chi connectivity index (χ0n) is 32.1. The van der Waals surface area contributed by atoms with Crippen molar-refractivity contribution in [1.29, 1.82) is 0 Å². The average Bonchev–Trinajstić information content (AvgIpc) is 3.66. The van der Waals surface area contributed by atoms with Gasteiger partial charge in [-0.25, -0.2) is 9.67 Å². The predicted molar refractivity (Wildman–Crippen MR) is 215 cm³/mol. The Hall–Kier alpha value is -5.30. The molecule has 0 spiro atoms. The highest BCUT2D eigenvalue weighted by atomic mass is 16.5. The summed E-state index contributed by atoms with van der Waals surface area (Å²) in [6.07, 6.45) is 4.37. The van der Waals surface area contributed by atoms with Crippen molar-refractivity contribution in [2.45, 2.75) is 65.3 Å². The number of benzene rings is 3. The number of methoxy groups -OCH3 is 1. The molecule has 12 heteroatoms. The summed E-state index contributed by atoms with van der Waals surface area (Å²) in [4.78, 5) is 34.5. The Morgan fingerprint density at radius 2 is 1.65 bits per heavy atom. The van der Waals surface area contributed by atoms with Gasteiger partial charge in [-0.3, -0.25) is 14.5 Å². The molecule has 5 aromatic rings. The molecule has 2 saturated heterocycles. The lowest BCUT2D eigenvalue weighted by Crippen LogP contribution is -2.42. The molecule has 2 aliphatic rings. The highest BCUT2D eigenvalue weighted by Crippen LogP contribution is 2.33. The SMILES string of the molecule is CCc1nc2c(cnn2CC)c(NC2CCOCC2)c1CNC(=O)c1cccc(C(=O)NCc2ccc(OC)c(-c3cccc(CN4CCNCC4)c3)c2)c1. The molecule has 0 saturated carbocycles. The van der Waals surface area contributed by atoms with Crippen LogP contribution in [0.3, 0.4) is 0 Å². The standard InChI is InChI=1S/C43H52N8O4/c1-4-38-36(40(48-34-14-20-55-21-15-34)37-27-47-51(5-2)41(37)49-38)26-46-43(53)33-11-7-10-32(24-33)42(52)45-25-29-12-13-39(54-3)35(23-29)31-9-6-8-30(22-31)28-50-18-16-44-17-19-50/h6-13,22-24,27,34,44H,4-5,14-21,25-26,28H2,1-3H3,(H,45,52)(H,46,53)(H,48,49). The first-order chi connectivity index (χ1) is 26.9. The first-order valence-corrected chi connectivity index (χ1v) is 19.5. The molecule has 2 aliphatic heterocycles. The maximum atomic E-state index is 13.6. The van der Waals surface area contributed by atoms with Gasteiger partial charge >= 0.3 is 0 Å². The number of carbonyl (C=O) groups is 2. The number of aryl methyl sites for hydroxylation is 2. The van der Waals surface area contributed by atoms with Crippen LogP contribution in [0.1, 0.15) is 69.8 Å². The van der Waals surface area contributed by atoms with Crippen LogP contribution in [0.15, 0.2) is 72.9 Å². The van der Waals surface area contributed by atoms with E-state index in [1.807, 2.05) is 23.0 Å². The van der Waals surface area contributed by atoms with Crippen molar-refractivity contribution in [3.05, 3.63) is 106 Å². The fourth-order valence-electron chi connectivity index (χ4n) is 7.51. The van der Waals surface area contributed by atoms with Crippen molar-refractivity contribution < 1.29 is 19.1 Å². The lowest BCUT2D eigenvalue weighted by Gasteiger charge is -2.27. The third-order valence-corrected chi connectivity index (χ3v) is 10.6. The fraction of sp³-hybridized carbons (Fsp3) is 0.395. The zero-order chi connectivity index (χ0) is 38.1. The molecule has 288 valence electrons. The van der Waals surface area contributed by atoms with E-state index in [-0.39, 0.29) is 24.4 Å². The molecule has 12 nitrogen and oxygen atoms in total. The largest absolute Gasteiger partial charge is 0.496 e. The third-order valence-electron chi connectivity index (χ3n) is 10.6. The van der Waals surface area contributed by atoms with Gasteiger partial charge in [-0.15, -0.1) is 0 Å². The zero-order valence-corrected chi connectivity index (χ0v) is 32.1. The number of anilines is 1. The van der Waals surface area contributed by atoms with Gasteiger partial charge in [-0.1, -0.05) is 37.3 Å². The average molecular weight is 745 g/mol. The Kier molecular flexibility index (Phi) is 12.4. The van der Waals surface area contributed by atoms with E-state index >= 15 is 0 Å². The van der Waals surface area contributed by atoms with Gasteiger partial charge in [0.25, 0.3) is 11.8 Å². The van der Waals surface area contributed by atoms with E-state index in [9.17, 15) is 9.59 Å². The molecule has 2 aromatic heterocycles. The Balaban J connectivity index is 1.03. The number of carbonyl (C=O) groups excluding carboxylic acids is 2. The second-order valence-electron chi connectivity index (χ2n) is 14.2. The molecule has 0 bridgehead atoms. The summed E-state index contributed by atoms with van der Waals surface area (Å²) >= 11 is 0. The molecule has 0 aliphatic carbocycles. The van der Waals surface area contributed by atoms with Crippen LogP contribution in [-0.2, 0) is 37.3 Å². The minimum atomic E-state index is -0.267. The molecule has 3 aromatic carbocycles.